The van der Waals surface area contributed by atoms with E-state index in [2.05, 4.69) is 21.2 Å². The number of benzene rings is 2. The maximum atomic E-state index is 13.0. The van der Waals surface area contributed by atoms with Gasteiger partial charge in [0.25, 0.3) is 5.91 Å². The quantitative estimate of drug-likeness (QED) is 0.605. The molecule has 0 aliphatic heterocycles. The fourth-order valence-corrected chi connectivity index (χ4v) is 3.95. The molecule has 1 unspecified atom stereocenters. The van der Waals surface area contributed by atoms with Gasteiger partial charge in [-0.1, -0.05) is 65.5 Å². The van der Waals surface area contributed by atoms with Crippen molar-refractivity contribution in [2.45, 2.75) is 57.7 Å². The van der Waals surface area contributed by atoms with E-state index in [1.54, 1.807) is 11.8 Å². The molecule has 160 valence electrons. The Morgan fingerprint density at radius 1 is 1.07 bits per heavy atom. The lowest BCUT2D eigenvalue weighted by Crippen LogP contribution is -2.51. The monoisotopic (exact) mass is 472 g/mol. The Morgan fingerprint density at radius 3 is 2.40 bits per heavy atom. The van der Waals surface area contributed by atoms with Crippen molar-refractivity contribution in [3.05, 3.63) is 64.6 Å². The van der Waals surface area contributed by atoms with Crippen LogP contribution in [0.15, 0.2) is 59.1 Å². The van der Waals surface area contributed by atoms with Gasteiger partial charge in [-0.05, 0) is 49.6 Å². The van der Waals surface area contributed by atoms with Crippen LogP contribution in [0.1, 0.15) is 44.6 Å². The minimum atomic E-state index is -0.581. The summed E-state index contributed by atoms with van der Waals surface area (Å²) in [5.74, 6) is 0.314. The van der Waals surface area contributed by atoms with E-state index in [0.717, 1.165) is 35.7 Å². The van der Waals surface area contributed by atoms with E-state index in [-0.39, 0.29) is 24.5 Å². The highest BCUT2D eigenvalue weighted by Gasteiger charge is 2.28. The van der Waals surface area contributed by atoms with Crippen LogP contribution in [0.25, 0.3) is 0 Å². The topological polar surface area (TPSA) is 58.6 Å². The fraction of sp³-hybridized carbons (Fsp3) is 0.417. The third-order valence-electron chi connectivity index (χ3n) is 5.49. The predicted octanol–water partition coefficient (Wildman–Crippen LogP) is 4.69. The zero-order valence-corrected chi connectivity index (χ0v) is 18.9. The Hall–Kier alpha value is -2.34. The number of hydrogen-bond acceptors (Lipinski definition) is 3. The number of ether oxygens (including phenoxy) is 1. The van der Waals surface area contributed by atoms with Crippen LogP contribution in [-0.2, 0) is 16.1 Å². The molecule has 6 heteroatoms. The lowest BCUT2D eigenvalue weighted by Gasteiger charge is -2.31. The van der Waals surface area contributed by atoms with E-state index in [1.165, 1.54) is 6.42 Å². The first-order valence-electron chi connectivity index (χ1n) is 10.5. The minimum absolute atomic E-state index is 0.105. The Bertz CT molecular complexity index is 820. The molecular formula is C24H29BrN2O3. The zero-order valence-electron chi connectivity index (χ0n) is 17.4. The second-order valence-electron chi connectivity index (χ2n) is 7.77. The second-order valence-corrected chi connectivity index (χ2v) is 8.69. The first-order valence-corrected chi connectivity index (χ1v) is 11.3. The van der Waals surface area contributed by atoms with Crippen LogP contribution in [0.3, 0.4) is 0 Å². The number of para-hydroxylation sites is 1. The molecule has 1 atom stereocenters. The minimum Gasteiger partial charge on any atom is -0.484 e. The maximum absolute atomic E-state index is 13.0. The summed E-state index contributed by atoms with van der Waals surface area (Å²) in [6.07, 6.45) is 5.54. The molecule has 0 spiro atoms. The maximum Gasteiger partial charge on any atom is 0.261 e. The normalized spacial score (nSPS) is 15.3. The van der Waals surface area contributed by atoms with Crippen molar-refractivity contribution in [2.24, 2.45) is 0 Å². The molecule has 0 heterocycles. The Morgan fingerprint density at radius 2 is 1.73 bits per heavy atom. The van der Waals surface area contributed by atoms with Gasteiger partial charge in [0, 0.05) is 17.1 Å². The number of nitrogens with zero attached hydrogens (tertiary/aromatic N) is 1. The van der Waals surface area contributed by atoms with E-state index in [9.17, 15) is 9.59 Å². The van der Waals surface area contributed by atoms with Crippen molar-refractivity contribution in [2.75, 3.05) is 6.61 Å². The molecule has 1 aliphatic rings. The summed E-state index contributed by atoms with van der Waals surface area (Å²) in [6, 6.07) is 16.6. The van der Waals surface area contributed by atoms with E-state index < -0.39 is 6.04 Å². The lowest BCUT2D eigenvalue weighted by atomic mass is 9.95. The Balaban J connectivity index is 1.68. The number of amides is 2. The summed E-state index contributed by atoms with van der Waals surface area (Å²) in [5, 5.41) is 3.14. The number of carbonyl (C=O) groups excluding carboxylic acids is 2. The molecule has 1 aliphatic carbocycles. The number of hydrogen-bond donors (Lipinski definition) is 1. The van der Waals surface area contributed by atoms with Crippen LogP contribution < -0.4 is 10.1 Å². The highest BCUT2D eigenvalue weighted by atomic mass is 79.9. The van der Waals surface area contributed by atoms with E-state index in [1.807, 2.05) is 54.6 Å². The van der Waals surface area contributed by atoms with Crippen molar-refractivity contribution in [3.63, 3.8) is 0 Å². The number of carbonyl (C=O) groups is 2. The average molecular weight is 473 g/mol. The van der Waals surface area contributed by atoms with Gasteiger partial charge in [0.1, 0.15) is 11.8 Å². The molecule has 0 bridgehead atoms. The molecule has 0 radical (unpaired) electrons. The third kappa shape index (κ3) is 6.59. The summed E-state index contributed by atoms with van der Waals surface area (Å²) < 4.78 is 6.63. The molecule has 0 saturated heterocycles. The molecule has 1 fully saturated rings. The van der Waals surface area contributed by atoms with E-state index in [0.29, 0.717) is 12.3 Å². The van der Waals surface area contributed by atoms with E-state index >= 15 is 0 Å². The highest BCUT2D eigenvalue weighted by Crippen LogP contribution is 2.19. The summed E-state index contributed by atoms with van der Waals surface area (Å²) in [6.45, 7) is 2.03. The second kappa shape index (κ2) is 11.2. The largest absolute Gasteiger partial charge is 0.484 e. The molecule has 3 rings (SSSR count). The molecular weight excluding hydrogens is 444 g/mol. The zero-order chi connectivity index (χ0) is 21.3. The van der Waals surface area contributed by atoms with Crippen LogP contribution in [0, 0.1) is 0 Å². The molecule has 1 saturated carbocycles. The first kappa shape index (κ1) is 22.3. The van der Waals surface area contributed by atoms with Gasteiger partial charge in [0.05, 0.1) is 0 Å². The van der Waals surface area contributed by atoms with Gasteiger partial charge < -0.3 is 15.0 Å². The van der Waals surface area contributed by atoms with Crippen molar-refractivity contribution < 1.29 is 14.3 Å². The molecule has 2 aromatic rings. The summed E-state index contributed by atoms with van der Waals surface area (Å²) in [5.41, 5.74) is 0.962. The number of nitrogens with one attached hydrogen (secondary N) is 1. The molecule has 2 amide bonds. The number of halogens is 1. The van der Waals surface area contributed by atoms with Gasteiger partial charge >= 0.3 is 0 Å². The van der Waals surface area contributed by atoms with Crippen LogP contribution in [0.5, 0.6) is 5.75 Å². The SMILES string of the molecule is CC(C(=O)NC1CCCCC1)N(Cc1ccc(Br)cc1)C(=O)COc1ccccc1. The van der Waals surface area contributed by atoms with Crippen LogP contribution in [0.4, 0.5) is 0 Å². The molecule has 2 aromatic carbocycles. The van der Waals surface area contributed by atoms with Crippen molar-refractivity contribution >= 4 is 27.7 Å². The lowest BCUT2D eigenvalue weighted by molar-refractivity contribution is -0.142. The van der Waals surface area contributed by atoms with Crippen molar-refractivity contribution in [3.8, 4) is 5.75 Å². The Labute approximate surface area is 186 Å². The van der Waals surface area contributed by atoms with Gasteiger partial charge in [-0.25, -0.2) is 0 Å². The van der Waals surface area contributed by atoms with Crippen molar-refractivity contribution in [1.29, 1.82) is 0 Å². The standard InChI is InChI=1S/C24H29BrN2O3/c1-18(24(29)26-21-8-4-2-5-9-21)27(16-19-12-14-20(25)15-13-19)23(28)17-30-22-10-6-3-7-11-22/h3,6-7,10-15,18,21H,2,4-5,8-9,16-17H2,1H3,(H,26,29). The van der Waals surface area contributed by atoms with Crippen molar-refractivity contribution in [1.82, 2.24) is 10.2 Å². The predicted molar refractivity (Wildman–Crippen MR) is 121 cm³/mol. The summed E-state index contributed by atoms with van der Waals surface area (Å²) >= 11 is 3.43. The third-order valence-corrected chi connectivity index (χ3v) is 6.02. The molecule has 1 N–H and O–H groups in total. The van der Waals surface area contributed by atoms with Crippen LogP contribution in [-0.4, -0.2) is 35.4 Å². The highest BCUT2D eigenvalue weighted by molar-refractivity contribution is 9.10. The van der Waals surface area contributed by atoms with Crippen LogP contribution >= 0.6 is 15.9 Å². The summed E-state index contributed by atoms with van der Waals surface area (Å²) in [7, 11) is 0. The summed E-state index contributed by atoms with van der Waals surface area (Å²) in [4.78, 5) is 27.6. The molecule has 30 heavy (non-hydrogen) atoms. The molecule has 0 aromatic heterocycles. The van der Waals surface area contributed by atoms with Gasteiger partial charge in [0.15, 0.2) is 6.61 Å². The van der Waals surface area contributed by atoms with Gasteiger partial charge in [-0.3, -0.25) is 9.59 Å². The molecule has 5 nitrogen and oxygen atoms in total. The average Bonchev–Trinajstić information content (AvgIpc) is 2.78. The fourth-order valence-electron chi connectivity index (χ4n) is 3.68. The Kier molecular flexibility index (Phi) is 8.31. The number of rotatable bonds is 8. The van der Waals surface area contributed by atoms with Gasteiger partial charge in [0.2, 0.25) is 5.91 Å². The van der Waals surface area contributed by atoms with Gasteiger partial charge in [-0.15, -0.1) is 0 Å². The van der Waals surface area contributed by atoms with Crippen LogP contribution in [0.2, 0.25) is 0 Å². The smallest absolute Gasteiger partial charge is 0.261 e. The van der Waals surface area contributed by atoms with Gasteiger partial charge in [-0.2, -0.15) is 0 Å². The first-order chi connectivity index (χ1) is 14.5. The van der Waals surface area contributed by atoms with E-state index in [4.69, 9.17) is 4.74 Å².